The maximum Gasteiger partial charge on any atom is 0.237 e. The van der Waals surface area contributed by atoms with Gasteiger partial charge >= 0.3 is 0 Å². The number of nitrogens with zero attached hydrogens (tertiary/aromatic N) is 3. The number of amides is 1. The topological polar surface area (TPSA) is 43.9 Å². The highest BCUT2D eigenvalue weighted by Crippen LogP contribution is 2.34. The number of piperazine rings is 1. The fourth-order valence-electron chi connectivity index (χ4n) is 3.82. The number of piperidine rings is 1. The molecule has 3 heterocycles. The zero-order valence-electron chi connectivity index (χ0n) is 14.6. The molecule has 0 spiro atoms. The third kappa shape index (κ3) is 3.64. The van der Waals surface area contributed by atoms with Gasteiger partial charge < -0.3 is 9.80 Å². The van der Waals surface area contributed by atoms with Crippen molar-refractivity contribution in [3.05, 3.63) is 41.7 Å². The number of rotatable bonds is 3. The van der Waals surface area contributed by atoms with Gasteiger partial charge in [-0.2, -0.15) is 0 Å². The molecular formula is C19H22FN3O2S. The van der Waals surface area contributed by atoms with Gasteiger partial charge in [0, 0.05) is 44.5 Å². The minimum Gasteiger partial charge on any atom is -0.367 e. The SMILES string of the molecule is O=C1C=C2CN(C(=O)CN3CCN(c4ccccc4F)CC3)CCC2S1. The molecule has 26 heavy (non-hydrogen) atoms. The van der Waals surface area contributed by atoms with Crippen molar-refractivity contribution in [2.45, 2.75) is 11.7 Å². The van der Waals surface area contributed by atoms with Gasteiger partial charge in [-0.3, -0.25) is 14.5 Å². The molecule has 0 N–H and O–H groups in total. The maximum atomic E-state index is 13.9. The van der Waals surface area contributed by atoms with Crippen LogP contribution in [0.3, 0.4) is 0 Å². The van der Waals surface area contributed by atoms with E-state index in [-0.39, 0.29) is 22.1 Å². The normalized spacial score (nSPS) is 23.8. The summed E-state index contributed by atoms with van der Waals surface area (Å²) in [4.78, 5) is 30.2. The molecule has 1 aromatic rings. The van der Waals surface area contributed by atoms with Crippen LogP contribution in [0, 0.1) is 5.82 Å². The predicted octanol–water partition coefficient (Wildman–Crippen LogP) is 1.75. The van der Waals surface area contributed by atoms with E-state index in [1.54, 1.807) is 18.2 Å². The van der Waals surface area contributed by atoms with E-state index in [2.05, 4.69) is 4.90 Å². The third-order valence-electron chi connectivity index (χ3n) is 5.29. The van der Waals surface area contributed by atoms with Gasteiger partial charge in [0.2, 0.25) is 11.0 Å². The number of hydrogen-bond donors (Lipinski definition) is 0. The third-order valence-corrected chi connectivity index (χ3v) is 6.46. The summed E-state index contributed by atoms with van der Waals surface area (Å²) < 4.78 is 13.9. The molecule has 2 fully saturated rings. The Bertz CT molecular complexity index is 746. The van der Waals surface area contributed by atoms with Crippen LogP contribution in [0.5, 0.6) is 0 Å². The van der Waals surface area contributed by atoms with Crippen LogP contribution in [-0.2, 0) is 9.59 Å². The lowest BCUT2D eigenvalue weighted by molar-refractivity contribution is -0.132. The highest BCUT2D eigenvalue weighted by atomic mass is 32.2. The van der Waals surface area contributed by atoms with Gasteiger partial charge in [0.25, 0.3) is 0 Å². The van der Waals surface area contributed by atoms with Gasteiger partial charge in [-0.15, -0.1) is 0 Å². The molecule has 4 rings (SSSR count). The van der Waals surface area contributed by atoms with Crippen molar-refractivity contribution in [1.29, 1.82) is 0 Å². The second-order valence-electron chi connectivity index (χ2n) is 6.96. The predicted molar refractivity (Wildman–Crippen MR) is 101 cm³/mol. The summed E-state index contributed by atoms with van der Waals surface area (Å²) in [6, 6.07) is 6.83. The Morgan fingerprint density at radius 2 is 1.92 bits per heavy atom. The summed E-state index contributed by atoms with van der Waals surface area (Å²) in [7, 11) is 0. The average molecular weight is 375 g/mol. The first kappa shape index (κ1) is 17.5. The van der Waals surface area contributed by atoms with E-state index in [9.17, 15) is 14.0 Å². The van der Waals surface area contributed by atoms with Gasteiger partial charge in [0.15, 0.2) is 0 Å². The molecular weight excluding hydrogens is 353 g/mol. The van der Waals surface area contributed by atoms with Crippen LogP contribution in [0.25, 0.3) is 0 Å². The van der Waals surface area contributed by atoms with Crippen LogP contribution in [0.15, 0.2) is 35.9 Å². The van der Waals surface area contributed by atoms with Crippen LogP contribution in [0.1, 0.15) is 6.42 Å². The standard InChI is InChI=1S/C19H22FN3O2S/c20-15-3-1-2-4-16(15)22-9-7-21(8-10-22)13-18(24)23-6-5-17-14(12-23)11-19(25)26-17/h1-4,11,17H,5-10,12-13H2. The highest BCUT2D eigenvalue weighted by Gasteiger charge is 2.33. The largest absolute Gasteiger partial charge is 0.367 e. The minimum atomic E-state index is -0.197. The second kappa shape index (κ2) is 7.40. The number of fused-ring (bicyclic) bond motifs is 1. The molecule has 7 heteroatoms. The monoisotopic (exact) mass is 375 g/mol. The van der Waals surface area contributed by atoms with E-state index >= 15 is 0 Å². The lowest BCUT2D eigenvalue weighted by atomic mass is 10.0. The van der Waals surface area contributed by atoms with Crippen molar-refractivity contribution in [3.63, 3.8) is 0 Å². The second-order valence-corrected chi connectivity index (χ2v) is 8.17. The fraction of sp³-hybridized carbons (Fsp3) is 0.474. The summed E-state index contributed by atoms with van der Waals surface area (Å²) in [5, 5.41) is 0.388. The summed E-state index contributed by atoms with van der Waals surface area (Å²) >= 11 is 1.38. The highest BCUT2D eigenvalue weighted by molar-refractivity contribution is 8.15. The van der Waals surface area contributed by atoms with E-state index in [1.165, 1.54) is 17.8 Å². The Balaban J connectivity index is 1.29. The minimum absolute atomic E-state index is 0.114. The first-order valence-electron chi connectivity index (χ1n) is 9.01. The zero-order chi connectivity index (χ0) is 18.1. The van der Waals surface area contributed by atoms with Gasteiger partial charge in [-0.25, -0.2) is 4.39 Å². The summed E-state index contributed by atoms with van der Waals surface area (Å²) in [6.07, 6.45) is 2.55. The number of carbonyl (C=O) groups is 2. The van der Waals surface area contributed by atoms with Gasteiger partial charge in [0.1, 0.15) is 5.82 Å². The number of para-hydroxylation sites is 1. The van der Waals surface area contributed by atoms with E-state index in [1.807, 2.05) is 15.9 Å². The first-order chi connectivity index (χ1) is 12.6. The maximum absolute atomic E-state index is 13.9. The summed E-state index contributed by atoms with van der Waals surface area (Å²) in [5.41, 5.74) is 1.72. The van der Waals surface area contributed by atoms with Crippen LogP contribution in [0.2, 0.25) is 0 Å². The van der Waals surface area contributed by atoms with Crippen LogP contribution < -0.4 is 4.90 Å². The first-order valence-corrected chi connectivity index (χ1v) is 9.89. The van der Waals surface area contributed by atoms with Crippen molar-refractivity contribution in [1.82, 2.24) is 9.80 Å². The van der Waals surface area contributed by atoms with Crippen molar-refractivity contribution in [2.24, 2.45) is 0 Å². The molecule has 0 saturated carbocycles. The Labute approximate surface area is 156 Å². The Hall–Kier alpha value is -1.86. The van der Waals surface area contributed by atoms with E-state index in [4.69, 9.17) is 0 Å². The smallest absolute Gasteiger partial charge is 0.237 e. The molecule has 5 nitrogen and oxygen atoms in total. The fourth-order valence-corrected chi connectivity index (χ4v) is 4.83. The van der Waals surface area contributed by atoms with E-state index in [0.29, 0.717) is 31.9 Å². The van der Waals surface area contributed by atoms with Crippen molar-refractivity contribution in [3.8, 4) is 0 Å². The number of anilines is 1. The lowest BCUT2D eigenvalue weighted by Gasteiger charge is -2.37. The van der Waals surface area contributed by atoms with Crippen molar-refractivity contribution in [2.75, 3.05) is 50.7 Å². The number of benzene rings is 1. The molecule has 0 aromatic heterocycles. The molecule has 0 aliphatic carbocycles. The Kier molecular flexibility index (Phi) is 5.00. The van der Waals surface area contributed by atoms with Crippen LogP contribution in [-0.4, -0.2) is 71.9 Å². The van der Waals surface area contributed by atoms with Gasteiger partial charge in [-0.05, 0) is 30.2 Å². The molecule has 3 aliphatic rings. The Morgan fingerprint density at radius 3 is 2.69 bits per heavy atom. The average Bonchev–Trinajstić information content (AvgIpc) is 3.02. The van der Waals surface area contributed by atoms with E-state index in [0.717, 1.165) is 31.6 Å². The lowest BCUT2D eigenvalue weighted by Crippen LogP contribution is -2.51. The molecule has 1 atom stereocenters. The number of thioether (sulfide) groups is 1. The number of hydrogen-bond acceptors (Lipinski definition) is 5. The van der Waals surface area contributed by atoms with Crippen molar-refractivity contribution < 1.29 is 14.0 Å². The molecule has 1 aromatic carbocycles. The molecule has 3 aliphatic heterocycles. The zero-order valence-corrected chi connectivity index (χ0v) is 15.4. The van der Waals surface area contributed by atoms with Crippen LogP contribution in [0.4, 0.5) is 10.1 Å². The van der Waals surface area contributed by atoms with E-state index < -0.39 is 0 Å². The Morgan fingerprint density at radius 1 is 1.15 bits per heavy atom. The van der Waals surface area contributed by atoms with Crippen LogP contribution >= 0.6 is 11.8 Å². The summed E-state index contributed by atoms with van der Waals surface area (Å²) in [5.74, 6) is -0.0785. The molecule has 1 amide bonds. The molecule has 2 saturated heterocycles. The molecule has 0 radical (unpaired) electrons. The quantitative estimate of drug-likeness (QED) is 0.805. The number of carbonyl (C=O) groups excluding carboxylic acids is 2. The molecule has 0 bridgehead atoms. The van der Waals surface area contributed by atoms with Gasteiger partial charge in [-0.1, -0.05) is 23.9 Å². The number of likely N-dealkylation sites (tertiary alicyclic amines) is 1. The summed E-state index contributed by atoms with van der Waals surface area (Å²) in [6.45, 7) is 4.61. The number of halogens is 1. The van der Waals surface area contributed by atoms with Crippen molar-refractivity contribution >= 4 is 28.5 Å². The molecule has 138 valence electrons. The van der Waals surface area contributed by atoms with Gasteiger partial charge in [0.05, 0.1) is 12.2 Å². The molecule has 1 unspecified atom stereocenters.